The number of rotatable bonds is 6. The molecule has 2 unspecified atom stereocenters. The molecule has 1 aromatic heterocycles. The molecule has 0 aliphatic heterocycles. The molecule has 0 amide bonds. The fourth-order valence-corrected chi connectivity index (χ4v) is 2.87. The molecule has 1 aliphatic carbocycles. The zero-order chi connectivity index (χ0) is 14.5. The Morgan fingerprint density at radius 2 is 1.95 bits per heavy atom. The van der Waals surface area contributed by atoms with E-state index in [-0.39, 0.29) is 6.10 Å². The normalized spacial score (nSPS) is 22.2. The van der Waals surface area contributed by atoms with Crippen molar-refractivity contribution in [3.63, 3.8) is 0 Å². The summed E-state index contributed by atoms with van der Waals surface area (Å²) < 4.78 is 0. The Balaban J connectivity index is 2.08. The van der Waals surface area contributed by atoms with E-state index in [0.29, 0.717) is 11.8 Å². The van der Waals surface area contributed by atoms with E-state index in [0.717, 1.165) is 49.6 Å². The molecule has 5 heteroatoms. The van der Waals surface area contributed by atoms with Crippen LogP contribution in [-0.4, -0.2) is 34.3 Å². The molecule has 1 aliphatic rings. The van der Waals surface area contributed by atoms with Gasteiger partial charge in [0.25, 0.3) is 0 Å². The Morgan fingerprint density at radius 1 is 1.25 bits per heavy atom. The van der Waals surface area contributed by atoms with Crippen LogP contribution in [0.5, 0.6) is 0 Å². The highest BCUT2D eigenvalue weighted by atomic mass is 16.3. The average Bonchev–Trinajstić information content (AvgIpc) is 2.82. The van der Waals surface area contributed by atoms with Crippen LogP contribution in [0.25, 0.3) is 0 Å². The molecule has 1 saturated carbocycles. The molecule has 0 bridgehead atoms. The molecule has 112 valence electrons. The summed E-state index contributed by atoms with van der Waals surface area (Å²) in [4.78, 5) is 8.74. The lowest BCUT2D eigenvalue weighted by atomic mass is 10.0. The van der Waals surface area contributed by atoms with E-state index >= 15 is 0 Å². The van der Waals surface area contributed by atoms with Crippen molar-refractivity contribution < 1.29 is 5.11 Å². The monoisotopic (exact) mass is 278 g/mol. The lowest BCUT2D eigenvalue weighted by molar-refractivity contribution is 0.178. The van der Waals surface area contributed by atoms with Crippen molar-refractivity contribution in [2.75, 3.05) is 23.7 Å². The Morgan fingerprint density at radius 3 is 2.50 bits per heavy atom. The van der Waals surface area contributed by atoms with E-state index in [9.17, 15) is 5.11 Å². The van der Waals surface area contributed by atoms with Crippen molar-refractivity contribution in [2.24, 2.45) is 5.92 Å². The van der Waals surface area contributed by atoms with Gasteiger partial charge in [-0.25, -0.2) is 9.97 Å². The molecule has 5 nitrogen and oxygen atoms in total. The zero-order valence-electron chi connectivity index (χ0n) is 12.7. The van der Waals surface area contributed by atoms with Gasteiger partial charge in [-0.3, -0.25) is 0 Å². The van der Waals surface area contributed by atoms with Crippen LogP contribution in [0.1, 0.15) is 51.5 Å². The van der Waals surface area contributed by atoms with Gasteiger partial charge in [0.05, 0.1) is 6.10 Å². The maximum absolute atomic E-state index is 9.59. The molecule has 1 heterocycles. The summed E-state index contributed by atoms with van der Waals surface area (Å²) >= 11 is 0. The first-order valence-electron chi connectivity index (χ1n) is 7.62. The third-order valence-corrected chi connectivity index (χ3v) is 3.88. The first-order chi connectivity index (χ1) is 9.61. The van der Waals surface area contributed by atoms with Crippen molar-refractivity contribution in [2.45, 2.75) is 52.1 Å². The minimum Gasteiger partial charge on any atom is -0.393 e. The molecule has 0 saturated heterocycles. The predicted octanol–water partition coefficient (Wildman–Crippen LogP) is 2.60. The fourth-order valence-electron chi connectivity index (χ4n) is 2.87. The molecule has 1 aromatic rings. The second kappa shape index (κ2) is 6.88. The Hall–Kier alpha value is -1.36. The lowest BCUT2D eigenvalue weighted by Gasteiger charge is -2.19. The molecule has 2 atom stereocenters. The lowest BCUT2D eigenvalue weighted by Crippen LogP contribution is -2.16. The molecular weight excluding hydrogens is 252 g/mol. The second-order valence-electron chi connectivity index (χ2n) is 5.88. The average molecular weight is 278 g/mol. The molecule has 0 spiro atoms. The number of anilines is 2. The number of aliphatic hydroxyl groups is 1. The van der Waals surface area contributed by atoms with Gasteiger partial charge >= 0.3 is 0 Å². The predicted molar refractivity (Wildman–Crippen MR) is 82.1 cm³/mol. The largest absolute Gasteiger partial charge is 0.393 e. The number of hydrogen-bond acceptors (Lipinski definition) is 5. The van der Waals surface area contributed by atoms with Gasteiger partial charge in [0.2, 0.25) is 0 Å². The third kappa shape index (κ3) is 3.60. The zero-order valence-corrected chi connectivity index (χ0v) is 12.7. The first kappa shape index (κ1) is 15.0. The summed E-state index contributed by atoms with van der Waals surface area (Å²) in [7, 11) is 0. The van der Waals surface area contributed by atoms with E-state index < -0.39 is 0 Å². The number of nitrogens with one attached hydrogen (secondary N) is 2. The molecule has 1 fully saturated rings. The number of hydrogen-bond donors (Lipinski definition) is 3. The quantitative estimate of drug-likeness (QED) is 0.746. The highest BCUT2D eigenvalue weighted by Gasteiger charge is 2.23. The van der Waals surface area contributed by atoms with Gasteiger partial charge in [-0.1, -0.05) is 13.8 Å². The Labute approximate surface area is 121 Å². The standard InChI is InChI=1S/C15H26N4O/c1-4-16-14-13(10(2)3)15(19-9-18-14)17-8-11-5-6-12(20)7-11/h9-12,20H,4-8H2,1-3H3,(H2,16,17,18,19). The van der Waals surface area contributed by atoms with Crippen LogP contribution in [0.3, 0.4) is 0 Å². The van der Waals surface area contributed by atoms with Crippen molar-refractivity contribution in [1.82, 2.24) is 9.97 Å². The van der Waals surface area contributed by atoms with Gasteiger partial charge in [-0.2, -0.15) is 0 Å². The van der Waals surface area contributed by atoms with Gasteiger partial charge < -0.3 is 15.7 Å². The first-order valence-corrected chi connectivity index (χ1v) is 7.62. The van der Waals surface area contributed by atoms with E-state index in [1.165, 1.54) is 0 Å². The SMILES string of the molecule is CCNc1ncnc(NCC2CCC(O)C2)c1C(C)C. The van der Waals surface area contributed by atoms with Crippen molar-refractivity contribution in [3.8, 4) is 0 Å². The van der Waals surface area contributed by atoms with E-state index in [4.69, 9.17) is 0 Å². The maximum Gasteiger partial charge on any atom is 0.134 e. The maximum atomic E-state index is 9.59. The van der Waals surface area contributed by atoms with E-state index in [1.807, 2.05) is 0 Å². The van der Waals surface area contributed by atoms with Crippen LogP contribution < -0.4 is 10.6 Å². The minimum atomic E-state index is -0.117. The van der Waals surface area contributed by atoms with Gasteiger partial charge in [0, 0.05) is 18.7 Å². The van der Waals surface area contributed by atoms with Gasteiger partial charge in [0.15, 0.2) is 0 Å². The number of nitrogens with zero attached hydrogens (tertiary/aromatic N) is 2. The topological polar surface area (TPSA) is 70.1 Å². The van der Waals surface area contributed by atoms with Crippen molar-refractivity contribution in [1.29, 1.82) is 0 Å². The van der Waals surface area contributed by atoms with Gasteiger partial charge in [0.1, 0.15) is 18.0 Å². The smallest absolute Gasteiger partial charge is 0.134 e. The Kier molecular flexibility index (Phi) is 5.17. The fraction of sp³-hybridized carbons (Fsp3) is 0.733. The van der Waals surface area contributed by atoms with E-state index in [1.54, 1.807) is 6.33 Å². The molecule has 20 heavy (non-hydrogen) atoms. The highest BCUT2D eigenvalue weighted by Crippen LogP contribution is 2.30. The summed E-state index contributed by atoms with van der Waals surface area (Å²) in [5, 5.41) is 16.3. The molecule has 0 radical (unpaired) electrons. The van der Waals surface area contributed by atoms with Crippen LogP contribution in [0.15, 0.2) is 6.33 Å². The van der Waals surface area contributed by atoms with Gasteiger partial charge in [-0.15, -0.1) is 0 Å². The minimum absolute atomic E-state index is 0.117. The third-order valence-electron chi connectivity index (χ3n) is 3.88. The summed E-state index contributed by atoms with van der Waals surface area (Å²) in [5.74, 6) is 2.75. The van der Waals surface area contributed by atoms with Crippen LogP contribution in [0, 0.1) is 5.92 Å². The number of aliphatic hydroxyl groups excluding tert-OH is 1. The summed E-state index contributed by atoms with van der Waals surface area (Å²) in [6.07, 6.45) is 4.41. The van der Waals surface area contributed by atoms with Crippen molar-refractivity contribution in [3.05, 3.63) is 11.9 Å². The van der Waals surface area contributed by atoms with Gasteiger partial charge in [-0.05, 0) is 38.0 Å². The summed E-state index contributed by atoms with van der Waals surface area (Å²) in [5.41, 5.74) is 1.15. The number of aromatic nitrogens is 2. The summed E-state index contributed by atoms with van der Waals surface area (Å²) in [6.45, 7) is 8.11. The van der Waals surface area contributed by atoms with Crippen molar-refractivity contribution >= 4 is 11.6 Å². The highest BCUT2D eigenvalue weighted by molar-refractivity contribution is 5.58. The van der Waals surface area contributed by atoms with Crippen LogP contribution >= 0.6 is 0 Å². The van der Waals surface area contributed by atoms with Crippen LogP contribution in [0.2, 0.25) is 0 Å². The molecular formula is C15H26N4O. The van der Waals surface area contributed by atoms with Crippen LogP contribution in [-0.2, 0) is 0 Å². The summed E-state index contributed by atoms with van der Waals surface area (Å²) in [6, 6.07) is 0. The molecule has 2 rings (SSSR count). The molecule has 0 aromatic carbocycles. The molecule has 3 N–H and O–H groups in total. The second-order valence-corrected chi connectivity index (χ2v) is 5.88. The van der Waals surface area contributed by atoms with E-state index in [2.05, 4.69) is 41.4 Å². The van der Waals surface area contributed by atoms with Crippen LogP contribution in [0.4, 0.5) is 11.6 Å². The Bertz CT molecular complexity index is 436.